The third kappa shape index (κ3) is 1.84. The van der Waals surface area contributed by atoms with Gasteiger partial charge >= 0.3 is 5.97 Å². The molecule has 1 saturated heterocycles. The first-order chi connectivity index (χ1) is 6.33. The van der Waals surface area contributed by atoms with E-state index < -0.39 is 0 Å². The van der Waals surface area contributed by atoms with E-state index in [1.54, 1.807) is 0 Å². The molecule has 2 rings (SSSR count). The van der Waals surface area contributed by atoms with Crippen LogP contribution in [0.3, 0.4) is 0 Å². The van der Waals surface area contributed by atoms with Crippen LogP contribution in [0, 0.1) is 11.8 Å². The zero-order chi connectivity index (χ0) is 9.26. The first-order valence-electron chi connectivity index (χ1n) is 4.72. The van der Waals surface area contributed by atoms with E-state index in [2.05, 4.69) is 0 Å². The fourth-order valence-corrected chi connectivity index (χ4v) is 1.66. The van der Waals surface area contributed by atoms with Crippen molar-refractivity contribution in [2.45, 2.75) is 19.6 Å². The van der Waals surface area contributed by atoms with Gasteiger partial charge in [0, 0.05) is 5.92 Å². The van der Waals surface area contributed by atoms with Gasteiger partial charge in [-0.15, -0.1) is 0 Å². The molecule has 0 spiro atoms. The maximum atomic E-state index is 11.2. The molecule has 4 nitrogen and oxygen atoms in total. The molecule has 13 heavy (non-hydrogen) atoms. The highest BCUT2D eigenvalue weighted by atomic mass is 16.7. The van der Waals surface area contributed by atoms with Gasteiger partial charge in [-0.05, 0) is 13.3 Å². The largest absolute Gasteiger partial charge is 0.466 e. The average molecular weight is 186 g/mol. The second-order valence-corrected chi connectivity index (χ2v) is 3.37. The fourth-order valence-electron chi connectivity index (χ4n) is 1.66. The summed E-state index contributed by atoms with van der Waals surface area (Å²) in [6, 6.07) is 0. The molecule has 1 saturated carbocycles. The lowest BCUT2D eigenvalue weighted by molar-refractivity contribution is -0.146. The van der Waals surface area contributed by atoms with Gasteiger partial charge in [-0.25, -0.2) is 0 Å². The van der Waals surface area contributed by atoms with Gasteiger partial charge in [0.05, 0.1) is 25.7 Å². The smallest absolute Gasteiger partial charge is 0.309 e. The number of carbonyl (C=O) groups excluding carboxylic acids is 1. The Bertz CT molecular complexity index is 198. The lowest BCUT2D eigenvalue weighted by atomic mass is 10.3. The Morgan fingerprint density at radius 1 is 1.46 bits per heavy atom. The molecular weight excluding hydrogens is 172 g/mol. The summed E-state index contributed by atoms with van der Waals surface area (Å²) in [5, 5.41) is 0. The van der Waals surface area contributed by atoms with E-state index >= 15 is 0 Å². The van der Waals surface area contributed by atoms with Crippen molar-refractivity contribution in [3.05, 3.63) is 0 Å². The normalized spacial score (nSPS) is 33.3. The third-order valence-corrected chi connectivity index (χ3v) is 2.43. The van der Waals surface area contributed by atoms with Crippen LogP contribution in [0.5, 0.6) is 0 Å². The van der Waals surface area contributed by atoms with Gasteiger partial charge in [0.25, 0.3) is 0 Å². The zero-order valence-electron chi connectivity index (χ0n) is 7.69. The van der Waals surface area contributed by atoms with Crippen molar-refractivity contribution in [1.82, 2.24) is 0 Å². The van der Waals surface area contributed by atoms with Crippen LogP contribution in [0.2, 0.25) is 0 Å². The quantitative estimate of drug-likeness (QED) is 0.604. The average Bonchev–Trinajstić information content (AvgIpc) is 2.74. The molecule has 2 aliphatic rings. The minimum atomic E-state index is -0.158. The number of rotatable bonds is 3. The zero-order valence-corrected chi connectivity index (χ0v) is 7.69. The fraction of sp³-hybridized carbons (Fsp3) is 0.889. The monoisotopic (exact) mass is 186 g/mol. The molecule has 1 aliphatic carbocycles. The van der Waals surface area contributed by atoms with Crippen LogP contribution in [0.4, 0.5) is 0 Å². The summed E-state index contributed by atoms with van der Waals surface area (Å²) in [4.78, 5) is 11.2. The van der Waals surface area contributed by atoms with Gasteiger partial charge in [-0.3, -0.25) is 4.79 Å². The van der Waals surface area contributed by atoms with Crippen LogP contribution in [-0.2, 0) is 19.0 Å². The minimum absolute atomic E-state index is 0.0167. The van der Waals surface area contributed by atoms with E-state index in [1.165, 1.54) is 0 Å². The maximum absolute atomic E-state index is 11.2. The molecule has 74 valence electrons. The van der Waals surface area contributed by atoms with E-state index in [4.69, 9.17) is 14.2 Å². The van der Waals surface area contributed by atoms with Gasteiger partial charge in [0.2, 0.25) is 0 Å². The standard InChI is InChI=1S/C9H14O4/c1-2-11-8(10)6-5-7(6)9-12-3-4-13-9/h6-7,9H,2-5H2,1H3. The maximum Gasteiger partial charge on any atom is 0.309 e. The second kappa shape index (κ2) is 3.64. The molecule has 1 heterocycles. The van der Waals surface area contributed by atoms with E-state index in [0.717, 1.165) is 6.42 Å². The summed E-state index contributed by atoms with van der Waals surface area (Å²) in [6.07, 6.45) is 0.693. The summed E-state index contributed by atoms with van der Waals surface area (Å²) in [5.74, 6) is 0.149. The second-order valence-electron chi connectivity index (χ2n) is 3.37. The van der Waals surface area contributed by atoms with Crippen LogP contribution < -0.4 is 0 Å². The molecule has 2 atom stereocenters. The Kier molecular flexibility index (Phi) is 2.51. The number of carbonyl (C=O) groups is 1. The highest BCUT2D eigenvalue weighted by molar-refractivity contribution is 5.75. The predicted octanol–water partition coefficient (Wildman–Crippen LogP) is 0.558. The van der Waals surface area contributed by atoms with Gasteiger partial charge in [0.1, 0.15) is 0 Å². The Balaban J connectivity index is 1.77. The molecule has 0 N–H and O–H groups in total. The molecule has 4 heteroatoms. The van der Waals surface area contributed by atoms with Crippen molar-refractivity contribution in [3.63, 3.8) is 0 Å². The topological polar surface area (TPSA) is 44.8 Å². The molecule has 0 aromatic heterocycles. The summed E-state index contributed by atoms with van der Waals surface area (Å²) < 4.78 is 15.5. The van der Waals surface area contributed by atoms with E-state index in [0.29, 0.717) is 19.8 Å². The van der Waals surface area contributed by atoms with Gasteiger partial charge in [-0.2, -0.15) is 0 Å². The highest BCUT2D eigenvalue weighted by Gasteiger charge is 2.51. The first-order valence-corrected chi connectivity index (χ1v) is 4.72. The van der Waals surface area contributed by atoms with Crippen molar-refractivity contribution in [2.24, 2.45) is 11.8 Å². The molecule has 2 unspecified atom stereocenters. The van der Waals surface area contributed by atoms with E-state index in [9.17, 15) is 4.79 Å². The van der Waals surface area contributed by atoms with Crippen LogP contribution in [0.25, 0.3) is 0 Å². The number of hydrogen-bond acceptors (Lipinski definition) is 4. The molecule has 0 amide bonds. The predicted molar refractivity (Wildman–Crippen MR) is 43.9 cm³/mol. The van der Waals surface area contributed by atoms with Crippen LogP contribution in [0.15, 0.2) is 0 Å². The van der Waals surface area contributed by atoms with Gasteiger partial charge in [0.15, 0.2) is 6.29 Å². The van der Waals surface area contributed by atoms with E-state index in [1.807, 2.05) is 6.92 Å². The molecule has 1 aliphatic heterocycles. The Labute approximate surface area is 77.1 Å². The van der Waals surface area contributed by atoms with Crippen LogP contribution in [-0.4, -0.2) is 32.1 Å². The van der Waals surface area contributed by atoms with Crippen molar-refractivity contribution in [1.29, 1.82) is 0 Å². The van der Waals surface area contributed by atoms with Crippen molar-refractivity contribution in [3.8, 4) is 0 Å². The summed E-state index contributed by atoms with van der Waals surface area (Å²) >= 11 is 0. The Morgan fingerprint density at radius 2 is 2.15 bits per heavy atom. The van der Waals surface area contributed by atoms with Crippen LogP contribution in [0.1, 0.15) is 13.3 Å². The number of ether oxygens (including phenoxy) is 3. The van der Waals surface area contributed by atoms with Crippen LogP contribution >= 0.6 is 0 Å². The third-order valence-electron chi connectivity index (χ3n) is 2.43. The summed E-state index contributed by atoms with van der Waals surface area (Å²) in [6.45, 7) is 3.57. The van der Waals surface area contributed by atoms with E-state index in [-0.39, 0.29) is 24.1 Å². The molecule has 0 bridgehead atoms. The van der Waals surface area contributed by atoms with Gasteiger partial charge in [-0.1, -0.05) is 0 Å². The van der Waals surface area contributed by atoms with Crippen molar-refractivity contribution < 1.29 is 19.0 Å². The highest BCUT2D eigenvalue weighted by Crippen LogP contribution is 2.44. The lowest BCUT2D eigenvalue weighted by Crippen LogP contribution is -2.16. The molecular formula is C9H14O4. The van der Waals surface area contributed by atoms with Crippen molar-refractivity contribution >= 4 is 5.97 Å². The molecule has 0 radical (unpaired) electrons. The Morgan fingerprint density at radius 3 is 2.77 bits per heavy atom. The molecule has 0 aromatic carbocycles. The summed E-state index contributed by atoms with van der Waals surface area (Å²) in [7, 11) is 0. The molecule has 0 aromatic rings. The molecule has 2 fully saturated rings. The minimum Gasteiger partial charge on any atom is -0.466 e. The summed E-state index contributed by atoms with van der Waals surface area (Å²) in [5.41, 5.74) is 0. The number of esters is 1. The SMILES string of the molecule is CCOC(=O)C1CC1C1OCCO1. The van der Waals surface area contributed by atoms with Gasteiger partial charge < -0.3 is 14.2 Å². The first kappa shape index (κ1) is 8.97. The Hall–Kier alpha value is -0.610. The number of hydrogen-bond donors (Lipinski definition) is 0. The van der Waals surface area contributed by atoms with Crippen molar-refractivity contribution in [2.75, 3.05) is 19.8 Å². The lowest BCUT2D eigenvalue weighted by Gasteiger charge is -2.07.